The highest BCUT2D eigenvalue weighted by Crippen LogP contribution is 2.34. The maximum absolute atomic E-state index is 12.9. The van der Waals surface area contributed by atoms with E-state index in [1.165, 1.54) is 6.07 Å². The van der Waals surface area contributed by atoms with E-state index in [9.17, 15) is 23.4 Å². The van der Waals surface area contributed by atoms with Crippen LogP contribution < -0.4 is 0 Å². The predicted molar refractivity (Wildman–Crippen MR) is 90.4 cm³/mol. The fraction of sp³-hybridized carbons (Fsp3) is 0.333. The van der Waals surface area contributed by atoms with Crippen LogP contribution in [0.15, 0.2) is 30.3 Å². The fourth-order valence-electron chi connectivity index (χ4n) is 2.77. The lowest BCUT2D eigenvalue weighted by Gasteiger charge is -2.14. The van der Waals surface area contributed by atoms with E-state index in [2.05, 4.69) is 10.2 Å². The number of aromatic nitrogens is 3. The molecule has 8 heteroatoms. The van der Waals surface area contributed by atoms with Crippen molar-refractivity contribution < 1.29 is 23.4 Å². The molecule has 0 aliphatic rings. The van der Waals surface area contributed by atoms with E-state index in [4.69, 9.17) is 0 Å². The summed E-state index contributed by atoms with van der Waals surface area (Å²) in [6.45, 7) is 3.75. The zero-order valence-corrected chi connectivity index (χ0v) is 14.2. The highest BCUT2D eigenvalue weighted by Gasteiger charge is 2.31. The lowest BCUT2D eigenvalue weighted by atomic mass is 9.97. The van der Waals surface area contributed by atoms with Crippen molar-refractivity contribution in [1.82, 2.24) is 15.0 Å². The number of fused-ring (bicyclic) bond motifs is 1. The van der Waals surface area contributed by atoms with Crippen LogP contribution in [0, 0.1) is 0 Å². The summed E-state index contributed by atoms with van der Waals surface area (Å²) >= 11 is 0. The molecule has 0 unspecified atom stereocenters. The summed E-state index contributed by atoms with van der Waals surface area (Å²) in [5, 5.41) is 28.1. The third-order valence-electron chi connectivity index (χ3n) is 4.12. The van der Waals surface area contributed by atoms with Gasteiger partial charge in [0.05, 0.1) is 5.56 Å². The van der Waals surface area contributed by atoms with E-state index >= 15 is 0 Å². The molecule has 0 atom stereocenters. The van der Waals surface area contributed by atoms with Crippen molar-refractivity contribution in [3.8, 4) is 11.4 Å². The van der Waals surface area contributed by atoms with Crippen LogP contribution in [0.2, 0.25) is 0 Å². The molecule has 0 spiro atoms. The summed E-state index contributed by atoms with van der Waals surface area (Å²) in [7, 11) is 0. The Morgan fingerprint density at radius 1 is 1.08 bits per heavy atom. The molecule has 3 rings (SSSR count). The molecule has 138 valence electrons. The lowest BCUT2D eigenvalue weighted by molar-refractivity contribution is -0.137. The van der Waals surface area contributed by atoms with Crippen LogP contribution in [0.25, 0.3) is 16.7 Å². The number of rotatable bonds is 4. The van der Waals surface area contributed by atoms with Gasteiger partial charge in [-0.25, -0.2) is 0 Å². The van der Waals surface area contributed by atoms with Gasteiger partial charge in [0.15, 0.2) is 0 Å². The maximum Gasteiger partial charge on any atom is 0.416 e. The number of nitrogens with zero attached hydrogens (tertiary/aromatic N) is 3. The number of benzene rings is 2. The molecular formula is C18H18F3N3O2. The highest BCUT2D eigenvalue weighted by atomic mass is 19.4. The van der Waals surface area contributed by atoms with Gasteiger partial charge in [0.2, 0.25) is 0 Å². The molecule has 0 bridgehead atoms. The van der Waals surface area contributed by atoms with Gasteiger partial charge in [0, 0.05) is 6.61 Å². The van der Waals surface area contributed by atoms with Crippen LogP contribution in [0.4, 0.5) is 13.2 Å². The first kappa shape index (κ1) is 18.2. The number of phenols is 1. The molecule has 0 saturated heterocycles. The quantitative estimate of drug-likeness (QED) is 0.738. The second-order valence-electron chi connectivity index (χ2n) is 6.37. The summed E-state index contributed by atoms with van der Waals surface area (Å²) < 4.78 is 38.6. The Morgan fingerprint density at radius 3 is 2.38 bits per heavy atom. The molecule has 0 aliphatic carbocycles. The average molecular weight is 365 g/mol. The summed E-state index contributed by atoms with van der Waals surface area (Å²) in [6.07, 6.45) is -4.09. The highest BCUT2D eigenvalue weighted by molar-refractivity contribution is 5.75. The van der Waals surface area contributed by atoms with Crippen LogP contribution >= 0.6 is 0 Å². The predicted octanol–water partition coefficient (Wildman–Crippen LogP) is 3.80. The minimum atomic E-state index is -4.47. The van der Waals surface area contributed by atoms with Crippen molar-refractivity contribution in [2.75, 3.05) is 6.61 Å². The van der Waals surface area contributed by atoms with Gasteiger partial charge < -0.3 is 10.2 Å². The van der Waals surface area contributed by atoms with E-state index in [0.29, 0.717) is 12.0 Å². The van der Waals surface area contributed by atoms with Crippen molar-refractivity contribution in [1.29, 1.82) is 0 Å². The number of hydrogen-bond donors (Lipinski definition) is 2. The lowest BCUT2D eigenvalue weighted by Crippen LogP contribution is -2.04. The molecule has 2 aromatic carbocycles. The maximum atomic E-state index is 12.9. The zero-order chi connectivity index (χ0) is 19.1. The SMILES string of the molecule is CC(C)c1cc(CCO)cc(-n2nc3ccc(C(F)(F)F)cc3n2)c1O. The molecule has 0 aliphatic heterocycles. The molecular weight excluding hydrogens is 347 g/mol. The second-order valence-corrected chi connectivity index (χ2v) is 6.37. The van der Waals surface area contributed by atoms with Gasteiger partial charge in [-0.05, 0) is 47.7 Å². The average Bonchev–Trinajstić information content (AvgIpc) is 2.98. The molecule has 0 radical (unpaired) electrons. The normalized spacial score (nSPS) is 12.3. The van der Waals surface area contributed by atoms with Crippen LogP contribution in [0.1, 0.15) is 36.5 Å². The Hall–Kier alpha value is -2.61. The van der Waals surface area contributed by atoms with Crippen LogP contribution in [-0.4, -0.2) is 31.8 Å². The van der Waals surface area contributed by atoms with Crippen molar-refractivity contribution in [2.45, 2.75) is 32.4 Å². The van der Waals surface area contributed by atoms with Gasteiger partial charge in [0.25, 0.3) is 0 Å². The first-order valence-electron chi connectivity index (χ1n) is 8.12. The first-order valence-corrected chi connectivity index (χ1v) is 8.12. The molecule has 0 amide bonds. The Labute approximate surface area is 147 Å². The number of alkyl halides is 3. The second kappa shape index (κ2) is 6.60. The van der Waals surface area contributed by atoms with Crippen molar-refractivity contribution >= 4 is 11.0 Å². The zero-order valence-electron chi connectivity index (χ0n) is 14.2. The van der Waals surface area contributed by atoms with Gasteiger partial charge in [-0.3, -0.25) is 0 Å². The number of aliphatic hydroxyl groups is 1. The third-order valence-corrected chi connectivity index (χ3v) is 4.12. The molecule has 3 aromatic rings. The largest absolute Gasteiger partial charge is 0.505 e. The fourth-order valence-corrected chi connectivity index (χ4v) is 2.77. The Bertz CT molecular complexity index is 949. The number of phenolic OH excluding ortho intramolecular Hbond substituents is 1. The summed E-state index contributed by atoms with van der Waals surface area (Å²) in [5.74, 6) is -0.0211. The monoisotopic (exact) mass is 365 g/mol. The van der Waals surface area contributed by atoms with Gasteiger partial charge in [-0.15, -0.1) is 15.0 Å². The van der Waals surface area contributed by atoms with Crippen LogP contribution in [-0.2, 0) is 12.6 Å². The van der Waals surface area contributed by atoms with E-state index in [-0.39, 0.29) is 35.0 Å². The topological polar surface area (TPSA) is 71.2 Å². The molecule has 1 heterocycles. The Morgan fingerprint density at radius 2 is 1.77 bits per heavy atom. The number of hydrogen-bond acceptors (Lipinski definition) is 4. The van der Waals surface area contributed by atoms with Crippen LogP contribution in [0.5, 0.6) is 5.75 Å². The Kier molecular flexibility index (Phi) is 4.62. The van der Waals surface area contributed by atoms with E-state index in [1.807, 2.05) is 13.8 Å². The van der Waals surface area contributed by atoms with Crippen molar-refractivity contribution in [2.24, 2.45) is 0 Å². The summed E-state index contributed by atoms with van der Waals surface area (Å²) in [6, 6.07) is 6.55. The molecule has 2 N–H and O–H groups in total. The number of halogens is 3. The van der Waals surface area contributed by atoms with Gasteiger partial charge in [-0.1, -0.05) is 19.9 Å². The minimum absolute atomic E-state index is 0.00852. The van der Waals surface area contributed by atoms with E-state index in [1.54, 1.807) is 12.1 Å². The Balaban J connectivity index is 2.16. The summed E-state index contributed by atoms with van der Waals surface area (Å²) in [5.41, 5.74) is 1.26. The van der Waals surface area contributed by atoms with Crippen LogP contribution in [0.3, 0.4) is 0 Å². The number of aromatic hydroxyl groups is 1. The van der Waals surface area contributed by atoms with Crippen molar-refractivity contribution in [3.63, 3.8) is 0 Å². The van der Waals surface area contributed by atoms with E-state index in [0.717, 1.165) is 22.5 Å². The molecule has 1 aromatic heterocycles. The summed E-state index contributed by atoms with van der Waals surface area (Å²) in [4.78, 5) is 1.13. The van der Waals surface area contributed by atoms with Gasteiger partial charge in [-0.2, -0.15) is 13.2 Å². The van der Waals surface area contributed by atoms with Gasteiger partial charge >= 0.3 is 6.18 Å². The molecule has 0 fully saturated rings. The first-order chi connectivity index (χ1) is 12.2. The molecule has 26 heavy (non-hydrogen) atoms. The minimum Gasteiger partial charge on any atom is -0.505 e. The smallest absolute Gasteiger partial charge is 0.416 e. The molecule has 0 saturated carbocycles. The molecule has 5 nitrogen and oxygen atoms in total. The third kappa shape index (κ3) is 3.37. The van der Waals surface area contributed by atoms with Gasteiger partial charge in [0.1, 0.15) is 22.5 Å². The van der Waals surface area contributed by atoms with Crippen molar-refractivity contribution in [3.05, 3.63) is 47.0 Å². The number of aliphatic hydroxyl groups excluding tert-OH is 1. The van der Waals surface area contributed by atoms with E-state index < -0.39 is 11.7 Å². The standard InChI is InChI=1S/C18H18F3N3O2/c1-10(2)13-7-11(5-6-25)8-16(17(13)26)24-22-14-4-3-12(18(19,20)21)9-15(14)23-24/h3-4,7-10,25-26H,5-6H2,1-2H3.